The van der Waals surface area contributed by atoms with Crippen LogP contribution >= 0.6 is 11.3 Å². The molecule has 0 saturated heterocycles. The Morgan fingerprint density at radius 3 is 2.58 bits per heavy atom. The van der Waals surface area contributed by atoms with Crippen LogP contribution in [-0.2, 0) is 9.59 Å². The second-order valence-corrected chi connectivity index (χ2v) is 5.08. The fraction of sp³-hybridized carbons (Fsp3) is 0.417. The highest BCUT2D eigenvalue weighted by Crippen LogP contribution is 2.21. The van der Waals surface area contributed by atoms with E-state index in [0.717, 1.165) is 11.3 Å². The van der Waals surface area contributed by atoms with Gasteiger partial charge in [0.05, 0.1) is 9.88 Å². The summed E-state index contributed by atoms with van der Waals surface area (Å²) in [5.74, 6) is -1.71. The van der Waals surface area contributed by atoms with E-state index in [1.807, 2.05) is 6.92 Å². The molecule has 0 bridgehead atoms. The molecule has 1 atom stereocenters. The quantitative estimate of drug-likeness (QED) is 0.740. The van der Waals surface area contributed by atoms with E-state index in [9.17, 15) is 14.4 Å². The van der Waals surface area contributed by atoms with Gasteiger partial charge in [0.1, 0.15) is 6.04 Å². The number of carbonyl (C=O) groups excluding carboxylic acids is 2. The van der Waals surface area contributed by atoms with Crippen molar-refractivity contribution < 1.29 is 19.5 Å². The summed E-state index contributed by atoms with van der Waals surface area (Å²) >= 11 is 1.10. The van der Waals surface area contributed by atoms with Gasteiger partial charge in [-0.05, 0) is 18.6 Å². The molecule has 0 aliphatic rings. The molecule has 0 aliphatic carbocycles. The first-order chi connectivity index (χ1) is 8.93. The molecule has 0 radical (unpaired) electrons. The van der Waals surface area contributed by atoms with E-state index in [4.69, 9.17) is 5.11 Å². The van der Waals surface area contributed by atoms with E-state index in [1.54, 1.807) is 12.1 Å². The van der Waals surface area contributed by atoms with Gasteiger partial charge in [-0.1, -0.05) is 13.3 Å². The Bertz CT molecular complexity index is 484. The third-order valence-electron chi connectivity index (χ3n) is 2.31. The highest BCUT2D eigenvalue weighted by atomic mass is 32.1. The first-order valence-electron chi connectivity index (χ1n) is 5.85. The summed E-state index contributed by atoms with van der Waals surface area (Å²) in [4.78, 5) is 34.0. The van der Waals surface area contributed by atoms with Gasteiger partial charge in [-0.25, -0.2) is 4.79 Å². The zero-order valence-corrected chi connectivity index (χ0v) is 11.5. The number of rotatable bonds is 6. The Kier molecular flexibility index (Phi) is 5.50. The highest BCUT2D eigenvalue weighted by Gasteiger charge is 2.20. The molecule has 0 spiro atoms. The molecular weight excluding hydrogens is 268 g/mol. The van der Waals surface area contributed by atoms with Crippen LogP contribution in [0.4, 0.5) is 5.00 Å². The van der Waals surface area contributed by atoms with Gasteiger partial charge < -0.3 is 15.7 Å². The van der Waals surface area contributed by atoms with Crippen LogP contribution in [0.3, 0.4) is 0 Å². The maximum absolute atomic E-state index is 11.9. The Morgan fingerprint density at radius 2 is 2.05 bits per heavy atom. The summed E-state index contributed by atoms with van der Waals surface area (Å²) in [5, 5.41) is 14.5. The number of anilines is 1. The third kappa shape index (κ3) is 4.70. The third-order valence-corrected chi connectivity index (χ3v) is 3.31. The molecule has 0 unspecified atom stereocenters. The Labute approximate surface area is 114 Å². The van der Waals surface area contributed by atoms with Gasteiger partial charge in [0.2, 0.25) is 5.91 Å². The summed E-state index contributed by atoms with van der Waals surface area (Å²) in [6.45, 7) is 3.23. The molecular formula is C12H16N2O4S. The lowest BCUT2D eigenvalue weighted by molar-refractivity contribution is -0.139. The number of thiophene rings is 1. The predicted molar refractivity (Wildman–Crippen MR) is 72.4 cm³/mol. The minimum absolute atomic E-state index is 0.219. The minimum Gasteiger partial charge on any atom is -0.480 e. The smallest absolute Gasteiger partial charge is 0.326 e. The number of carbonyl (C=O) groups is 3. The van der Waals surface area contributed by atoms with Gasteiger partial charge in [-0.3, -0.25) is 9.59 Å². The van der Waals surface area contributed by atoms with E-state index in [-0.39, 0.29) is 5.91 Å². The molecule has 1 aromatic heterocycles. The van der Waals surface area contributed by atoms with Crippen LogP contribution in [-0.4, -0.2) is 28.9 Å². The maximum atomic E-state index is 11.9. The number of hydrogen-bond donors (Lipinski definition) is 3. The SMILES string of the molecule is CCC[C@@H](NC(=O)c1ccc(NC(C)=O)s1)C(=O)O. The van der Waals surface area contributed by atoms with E-state index in [0.29, 0.717) is 22.7 Å². The van der Waals surface area contributed by atoms with Gasteiger partial charge in [0, 0.05) is 6.92 Å². The maximum Gasteiger partial charge on any atom is 0.326 e. The van der Waals surface area contributed by atoms with Gasteiger partial charge in [0.15, 0.2) is 0 Å². The molecule has 19 heavy (non-hydrogen) atoms. The molecule has 3 N–H and O–H groups in total. The number of hydrogen-bond acceptors (Lipinski definition) is 4. The average molecular weight is 284 g/mol. The van der Waals surface area contributed by atoms with E-state index < -0.39 is 17.9 Å². The molecule has 0 saturated carbocycles. The Balaban J connectivity index is 2.69. The van der Waals surface area contributed by atoms with Crippen LogP contribution in [0, 0.1) is 0 Å². The van der Waals surface area contributed by atoms with Crippen molar-refractivity contribution >= 4 is 34.1 Å². The van der Waals surface area contributed by atoms with Crippen molar-refractivity contribution in [3.63, 3.8) is 0 Å². The molecule has 6 nitrogen and oxygen atoms in total. The van der Waals surface area contributed by atoms with Crippen LogP contribution in [0.25, 0.3) is 0 Å². The van der Waals surface area contributed by atoms with Crippen molar-refractivity contribution in [3.8, 4) is 0 Å². The summed E-state index contributed by atoms with van der Waals surface area (Å²) in [6, 6.07) is 2.27. The van der Waals surface area contributed by atoms with Gasteiger partial charge in [-0.15, -0.1) is 11.3 Å². The standard InChI is InChI=1S/C12H16N2O4S/c1-3-4-8(12(17)18)14-11(16)9-5-6-10(19-9)13-7(2)15/h5-6,8H,3-4H2,1-2H3,(H,13,15)(H,14,16)(H,17,18)/t8-/m1/s1. The lowest BCUT2D eigenvalue weighted by atomic mass is 10.1. The zero-order valence-electron chi connectivity index (χ0n) is 10.7. The number of amides is 2. The summed E-state index contributed by atoms with van der Waals surface area (Å²) < 4.78 is 0. The fourth-order valence-corrected chi connectivity index (χ4v) is 2.33. The molecule has 0 aliphatic heterocycles. The molecule has 0 aromatic carbocycles. The second kappa shape index (κ2) is 6.89. The van der Waals surface area contributed by atoms with Crippen LogP contribution in [0.15, 0.2) is 12.1 Å². The summed E-state index contributed by atoms with van der Waals surface area (Å²) in [7, 11) is 0. The van der Waals surface area contributed by atoms with Crippen molar-refractivity contribution in [2.45, 2.75) is 32.7 Å². The zero-order chi connectivity index (χ0) is 14.4. The first-order valence-corrected chi connectivity index (χ1v) is 6.66. The fourth-order valence-electron chi connectivity index (χ4n) is 1.48. The predicted octanol–water partition coefficient (Wildman–Crippen LogP) is 1.69. The van der Waals surface area contributed by atoms with Gasteiger partial charge >= 0.3 is 5.97 Å². The molecule has 2 amide bonds. The average Bonchev–Trinajstić information content (AvgIpc) is 2.75. The van der Waals surface area contributed by atoms with Crippen molar-refractivity contribution in [1.29, 1.82) is 0 Å². The van der Waals surface area contributed by atoms with Crippen molar-refractivity contribution in [2.24, 2.45) is 0 Å². The molecule has 1 heterocycles. The van der Waals surface area contributed by atoms with Gasteiger partial charge in [0.25, 0.3) is 5.91 Å². The molecule has 104 valence electrons. The molecule has 0 fully saturated rings. The van der Waals surface area contributed by atoms with Crippen LogP contribution in [0.1, 0.15) is 36.4 Å². The van der Waals surface area contributed by atoms with Crippen LogP contribution in [0.2, 0.25) is 0 Å². The summed E-state index contributed by atoms with van der Waals surface area (Å²) in [6.07, 6.45) is 1.05. The molecule has 1 aromatic rings. The highest BCUT2D eigenvalue weighted by molar-refractivity contribution is 7.18. The molecule has 1 rings (SSSR count). The number of aliphatic carboxylic acids is 1. The Hall–Kier alpha value is -1.89. The van der Waals surface area contributed by atoms with Crippen molar-refractivity contribution in [3.05, 3.63) is 17.0 Å². The lowest BCUT2D eigenvalue weighted by Gasteiger charge is -2.12. The number of carboxylic acid groups (broad SMARTS) is 1. The van der Waals surface area contributed by atoms with E-state index in [1.165, 1.54) is 6.92 Å². The molecule has 7 heteroatoms. The number of carboxylic acids is 1. The van der Waals surface area contributed by atoms with Crippen LogP contribution in [0.5, 0.6) is 0 Å². The van der Waals surface area contributed by atoms with E-state index >= 15 is 0 Å². The Morgan fingerprint density at radius 1 is 1.37 bits per heavy atom. The largest absolute Gasteiger partial charge is 0.480 e. The van der Waals surface area contributed by atoms with Crippen molar-refractivity contribution in [1.82, 2.24) is 5.32 Å². The minimum atomic E-state index is -1.05. The van der Waals surface area contributed by atoms with Crippen LogP contribution < -0.4 is 10.6 Å². The first kappa shape index (κ1) is 15.2. The topological polar surface area (TPSA) is 95.5 Å². The summed E-state index contributed by atoms with van der Waals surface area (Å²) in [5.41, 5.74) is 0. The lowest BCUT2D eigenvalue weighted by Crippen LogP contribution is -2.40. The second-order valence-electron chi connectivity index (χ2n) is 4.00. The van der Waals surface area contributed by atoms with Crippen molar-refractivity contribution in [2.75, 3.05) is 5.32 Å². The normalized spacial score (nSPS) is 11.7. The number of nitrogens with one attached hydrogen (secondary N) is 2. The monoisotopic (exact) mass is 284 g/mol. The van der Waals surface area contributed by atoms with E-state index in [2.05, 4.69) is 10.6 Å². The van der Waals surface area contributed by atoms with Gasteiger partial charge in [-0.2, -0.15) is 0 Å².